The summed E-state index contributed by atoms with van der Waals surface area (Å²) in [5.74, 6) is 2.43. The molecule has 7 nitrogen and oxygen atoms in total. The number of halogens is 1. The van der Waals surface area contributed by atoms with E-state index in [0.717, 1.165) is 103 Å². The number of fused-ring (bicyclic) bond motifs is 1. The molecule has 3 aliphatic rings. The van der Waals surface area contributed by atoms with Gasteiger partial charge in [-0.2, -0.15) is 0 Å². The highest BCUT2D eigenvalue weighted by molar-refractivity contribution is 9.10. The van der Waals surface area contributed by atoms with Gasteiger partial charge in [-0.1, -0.05) is 12.7 Å². The molecule has 0 N–H and O–H groups in total. The first-order valence-electron chi connectivity index (χ1n) is 13.5. The molecule has 0 aliphatic carbocycles. The van der Waals surface area contributed by atoms with Gasteiger partial charge in [-0.05, 0) is 107 Å². The summed E-state index contributed by atoms with van der Waals surface area (Å²) >= 11 is 3.78. The van der Waals surface area contributed by atoms with Gasteiger partial charge in [0.2, 0.25) is 0 Å². The molecular weight excluding hydrogens is 530 g/mol. The van der Waals surface area contributed by atoms with Crippen molar-refractivity contribution in [1.82, 2.24) is 19.8 Å². The van der Waals surface area contributed by atoms with Gasteiger partial charge in [0.25, 0.3) is 0 Å². The van der Waals surface area contributed by atoms with Crippen molar-refractivity contribution < 1.29 is 9.53 Å². The molecule has 3 fully saturated rings. The Balaban J connectivity index is 1.40. The van der Waals surface area contributed by atoms with Crippen LogP contribution in [0, 0.1) is 12.3 Å². The molecule has 3 saturated heterocycles. The van der Waals surface area contributed by atoms with Crippen LogP contribution in [0.1, 0.15) is 69.3 Å². The van der Waals surface area contributed by atoms with Crippen molar-refractivity contribution in [2.75, 3.05) is 51.2 Å². The van der Waals surface area contributed by atoms with Gasteiger partial charge in [-0.15, -0.1) is 0 Å². The predicted octanol–water partition coefficient (Wildman–Crippen LogP) is 5.99. The molecule has 200 valence electrons. The third-order valence-electron chi connectivity index (χ3n) is 8.31. The van der Waals surface area contributed by atoms with Gasteiger partial charge in [0, 0.05) is 47.4 Å². The highest BCUT2D eigenvalue weighted by Crippen LogP contribution is 2.43. The van der Waals surface area contributed by atoms with Crippen LogP contribution in [0.25, 0.3) is 17.0 Å². The van der Waals surface area contributed by atoms with E-state index >= 15 is 0 Å². The smallest absolute Gasteiger partial charge is 0.410 e. The number of piperidine rings is 2. The number of anilines is 1. The molecule has 3 aliphatic heterocycles. The van der Waals surface area contributed by atoms with E-state index in [1.54, 1.807) is 0 Å². The summed E-state index contributed by atoms with van der Waals surface area (Å²) in [6.07, 6.45) is 5.99. The van der Waals surface area contributed by atoms with Crippen molar-refractivity contribution in [3.05, 3.63) is 34.1 Å². The second-order valence-corrected chi connectivity index (χ2v) is 13.1. The van der Waals surface area contributed by atoms with E-state index in [4.69, 9.17) is 14.7 Å². The number of aromatic nitrogens is 2. The lowest BCUT2D eigenvalue weighted by Crippen LogP contribution is -2.62. The Hall–Kier alpha value is -2.19. The van der Waals surface area contributed by atoms with Crippen molar-refractivity contribution in [1.29, 1.82) is 0 Å². The van der Waals surface area contributed by atoms with Crippen molar-refractivity contribution in [3.63, 3.8) is 0 Å². The SMILES string of the molecule is C=Cc1cc2c(N3CCC4(CC3)CN(C(=O)OC(C)(C)C)C4)nc(C3CCN(C)CC3)nc2c(C)c1Br. The molecule has 1 aromatic heterocycles. The fraction of sp³-hybridized carbons (Fsp3) is 0.621. The highest BCUT2D eigenvalue weighted by atomic mass is 79.9. The molecule has 4 heterocycles. The molecule has 0 saturated carbocycles. The maximum Gasteiger partial charge on any atom is 0.410 e. The van der Waals surface area contributed by atoms with E-state index < -0.39 is 5.60 Å². The normalized spacial score (nSPS) is 20.8. The molecule has 1 spiro atoms. The third-order valence-corrected chi connectivity index (χ3v) is 9.36. The van der Waals surface area contributed by atoms with Crippen LogP contribution in [0.2, 0.25) is 0 Å². The number of rotatable bonds is 3. The Morgan fingerprint density at radius 2 is 1.81 bits per heavy atom. The Morgan fingerprint density at radius 3 is 2.41 bits per heavy atom. The summed E-state index contributed by atoms with van der Waals surface area (Å²) < 4.78 is 6.64. The van der Waals surface area contributed by atoms with E-state index in [1.165, 1.54) is 0 Å². The van der Waals surface area contributed by atoms with Gasteiger partial charge < -0.3 is 19.4 Å². The Bertz CT molecular complexity index is 1200. The maximum absolute atomic E-state index is 12.5. The van der Waals surface area contributed by atoms with Crippen LogP contribution in [0.4, 0.5) is 10.6 Å². The second kappa shape index (κ2) is 9.84. The number of carbonyl (C=O) groups is 1. The molecule has 1 amide bonds. The number of likely N-dealkylation sites (tertiary alicyclic amines) is 2. The zero-order valence-corrected chi connectivity index (χ0v) is 24.5. The fourth-order valence-corrected chi connectivity index (χ4v) is 6.46. The zero-order valence-electron chi connectivity index (χ0n) is 22.9. The average molecular weight is 571 g/mol. The number of hydrogen-bond acceptors (Lipinski definition) is 6. The standard InChI is InChI=1S/C29H40BrN5O2/c1-7-20-16-22-24(19(2)23(20)30)31-25(21-8-12-33(6)13-9-21)32-26(22)34-14-10-29(11-15-34)17-35(18-29)27(36)37-28(3,4)5/h7,16,21H,1,8-15,17-18H2,2-6H3. The van der Waals surface area contributed by atoms with Crippen molar-refractivity contribution in [2.24, 2.45) is 5.41 Å². The molecule has 2 aromatic rings. The second-order valence-electron chi connectivity index (χ2n) is 12.3. The van der Waals surface area contributed by atoms with Crippen LogP contribution in [0.3, 0.4) is 0 Å². The van der Waals surface area contributed by atoms with Crippen LogP contribution >= 0.6 is 15.9 Å². The number of aryl methyl sites for hydroxylation is 1. The molecule has 0 unspecified atom stereocenters. The minimum atomic E-state index is -0.458. The van der Waals surface area contributed by atoms with Gasteiger partial charge in [-0.3, -0.25) is 0 Å². The Kier molecular flexibility index (Phi) is 7.03. The minimum Gasteiger partial charge on any atom is -0.444 e. The summed E-state index contributed by atoms with van der Waals surface area (Å²) in [4.78, 5) is 29.6. The Morgan fingerprint density at radius 1 is 1.16 bits per heavy atom. The topological polar surface area (TPSA) is 61.8 Å². The van der Waals surface area contributed by atoms with E-state index in [9.17, 15) is 4.79 Å². The van der Waals surface area contributed by atoms with Crippen molar-refractivity contribution in [2.45, 2.75) is 64.9 Å². The van der Waals surface area contributed by atoms with E-state index in [1.807, 2.05) is 31.7 Å². The van der Waals surface area contributed by atoms with E-state index in [0.29, 0.717) is 5.92 Å². The maximum atomic E-state index is 12.5. The number of amides is 1. The largest absolute Gasteiger partial charge is 0.444 e. The zero-order chi connectivity index (χ0) is 26.5. The van der Waals surface area contributed by atoms with Gasteiger partial charge in [0.15, 0.2) is 0 Å². The fourth-order valence-electron chi connectivity index (χ4n) is 6.00. The number of nitrogens with zero attached hydrogens (tertiary/aromatic N) is 5. The lowest BCUT2D eigenvalue weighted by molar-refractivity contribution is -0.0434. The van der Waals surface area contributed by atoms with Gasteiger partial charge in [0.05, 0.1) is 5.52 Å². The number of ether oxygens (including phenoxy) is 1. The summed E-state index contributed by atoms with van der Waals surface area (Å²) in [7, 11) is 2.19. The number of hydrogen-bond donors (Lipinski definition) is 0. The Labute approximate surface area is 229 Å². The minimum absolute atomic E-state index is 0.192. The average Bonchev–Trinajstić information content (AvgIpc) is 2.83. The van der Waals surface area contributed by atoms with Crippen LogP contribution < -0.4 is 4.90 Å². The molecule has 8 heteroatoms. The highest BCUT2D eigenvalue weighted by Gasteiger charge is 2.48. The molecule has 0 radical (unpaired) electrons. The summed E-state index contributed by atoms with van der Waals surface area (Å²) in [5, 5.41) is 1.10. The van der Waals surface area contributed by atoms with Gasteiger partial charge in [-0.25, -0.2) is 14.8 Å². The van der Waals surface area contributed by atoms with Crippen LogP contribution in [0.15, 0.2) is 17.1 Å². The van der Waals surface area contributed by atoms with Crippen LogP contribution in [-0.4, -0.2) is 77.8 Å². The first-order valence-corrected chi connectivity index (χ1v) is 14.3. The van der Waals surface area contributed by atoms with Gasteiger partial charge >= 0.3 is 6.09 Å². The molecule has 5 rings (SSSR count). The molecular formula is C29H40BrN5O2. The first-order chi connectivity index (χ1) is 17.5. The lowest BCUT2D eigenvalue weighted by Gasteiger charge is -2.53. The number of benzene rings is 1. The lowest BCUT2D eigenvalue weighted by atomic mass is 9.72. The molecule has 0 atom stereocenters. The summed E-state index contributed by atoms with van der Waals surface area (Å²) in [6, 6.07) is 2.19. The molecule has 37 heavy (non-hydrogen) atoms. The monoisotopic (exact) mass is 569 g/mol. The number of carbonyl (C=O) groups excluding carboxylic acids is 1. The van der Waals surface area contributed by atoms with Crippen molar-refractivity contribution in [3.8, 4) is 0 Å². The third kappa shape index (κ3) is 5.24. The van der Waals surface area contributed by atoms with E-state index in [-0.39, 0.29) is 11.5 Å². The first kappa shape index (κ1) is 26.4. The van der Waals surface area contributed by atoms with E-state index in [2.05, 4.69) is 52.3 Å². The van der Waals surface area contributed by atoms with Crippen LogP contribution in [0.5, 0.6) is 0 Å². The summed E-state index contributed by atoms with van der Waals surface area (Å²) in [5.41, 5.74) is 2.99. The quantitative estimate of drug-likeness (QED) is 0.452. The van der Waals surface area contributed by atoms with Crippen LogP contribution in [-0.2, 0) is 4.74 Å². The molecule has 0 bridgehead atoms. The van der Waals surface area contributed by atoms with Crippen molar-refractivity contribution >= 4 is 44.8 Å². The molecule has 1 aromatic carbocycles. The summed E-state index contributed by atoms with van der Waals surface area (Å²) in [6.45, 7) is 17.5. The predicted molar refractivity (Wildman–Crippen MR) is 153 cm³/mol. The van der Waals surface area contributed by atoms with Gasteiger partial charge in [0.1, 0.15) is 17.2 Å².